The van der Waals surface area contributed by atoms with Crippen LogP contribution in [0.15, 0.2) is 42.6 Å². The van der Waals surface area contributed by atoms with Gasteiger partial charge in [0.15, 0.2) is 5.65 Å². The van der Waals surface area contributed by atoms with Gasteiger partial charge in [-0.2, -0.15) is 4.98 Å². The molecule has 0 saturated carbocycles. The van der Waals surface area contributed by atoms with E-state index < -0.39 is 0 Å². The maximum Gasteiger partial charge on any atom is 0.253 e. The third-order valence-electron chi connectivity index (χ3n) is 5.48. The summed E-state index contributed by atoms with van der Waals surface area (Å²) in [6.07, 6.45) is 6.14. The number of amides is 1. The van der Waals surface area contributed by atoms with Crippen molar-refractivity contribution in [1.29, 1.82) is 0 Å². The highest BCUT2D eigenvalue weighted by Gasteiger charge is 2.23. The summed E-state index contributed by atoms with van der Waals surface area (Å²) in [6, 6.07) is 11.5. The van der Waals surface area contributed by atoms with Crippen LogP contribution in [-0.2, 0) is 0 Å². The Balaban J connectivity index is 1.36. The number of carbonyl (C=O) groups excluding carboxylic acids is 1. The van der Waals surface area contributed by atoms with E-state index in [1.165, 1.54) is 19.3 Å². The Bertz CT molecular complexity index is 1010. The Morgan fingerprint density at radius 2 is 1.96 bits per heavy atom. The molecule has 7 nitrogen and oxygen atoms in total. The second kappa shape index (κ2) is 7.14. The summed E-state index contributed by atoms with van der Waals surface area (Å²) >= 11 is 0. The number of fused-ring (bicyclic) bond motifs is 2. The van der Waals surface area contributed by atoms with Crippen molar-refractivity contribution in [2.24, 2.45) is 0 Å². The third-order valence-corrected chi connectivity index (χ3v) is 5.48. The van der Waals surface area contributed by atoms with Crippen molar-refractivity contribution in [3.8, 4) is 5.75 Å². The predicted molar refractivity (Wildman–Crippen MR) is 106 cm³/mol. The van der Waals surface area contributed by atoms with Crippen LogP contribution >= 0.6 is 0 Å². The minimum atomic E-state index is -0.112. The van der Waals surface area contributed by atoms with Crippen LogP contribution in [0.4, 0.5) is 5.95 Å². The second-order valence-electron chi connectivity index (χ2n) is 7.38. The number of nitrogens with one attached hydrogen (secondary N) is 1. The zero-order chi connectivity index (χ0) is 18.9. The maximum atomic E-state index is 12.9. The molecule has 1 amide bonds. The first-order valence-electron chi connectivity index (χ1n) is 9.92. The number of hydrogen-bond donors (Lipinski definition) is 1. The zero-order valence-electron chi connectivity index (χ0n) is 15.7. The van der Waals surface area contributed by atoms with E-state index in [1.54, 1.807) is 10.7 Å². The minimum Gasteiger partial charge on any atom is -0.493 e. The number of carbonyl (C=O) groups is 1. The molecule has 1 atom stereocenters. The average Bonchev–Trinajstić information content (AvgIpc) is 3.18. The first-order valence-corrected chi connectivity index (χ1v) is 9.92. The van der Waals surface area contributed by atoms with Gasteiger partial charge in [0.2, 0.25) is 5.95 Å². The Kier molecular flexibility index (Phi) is 4.35. The van der Waals surface area contributed by atoms with E-state index in [0.717, 1.165) is 42.4 Å². The van der Waals surface area contributed by atoms with Gasteiger partial charge in [-0.1, -0.05) is 18.2 Å². The quantitative estimate of drug-likeness (QED) is 0.760. The first kappa shape index (κ1) is 17.0. The topological polar surface area (TPSA) is 71.8 Å². The van der Waals surface area contributed by atoms with Crippen LogP contribution in [0.1, 0.15) is 47.6 Å². The monoisotopic (exact) mass is 377 g/mol. The molecule has 3 aromatic rings. The maximum absolute atomic E-state index is 12.9. The van der Waals surface area contributed by atoms with E-state index in [2.05, 4.69) is 20.3 Å². The van der Waals surface area contributed by atoms with Crippen molar-refractivity contribution in [3.63, 3.8) is 0 Å². The Labute approximate surface area is 163 Å². The van der Waals surface area contributed by atoms with Gasteiger partial charge in [-0.05, 0) is 37.5 Å². The van der Waals surface area contributed by atoms with E-state index in [-0.39, 0.29) is 11.9 Å². The molecule has 2 aromatic heterocycles. The number of para-hydroxylation sites is 1. The van der Waals surface area contributed by atoms with Crippen molar-refractivity contribution in [2.75, 3.05) is 24.6 Å². The molecule has 1 N–H and O–H groups in total. The summed E-state index contributed by atoms with van der Waals surface area (Å²) in [7, 11) is 0. The van der Waals surface area contributed by atoms with Crippen molar-refractivity contribution >= 4 is 17.5 Å². The van der Waals surface area contributed by atoms with Gasteiger partial charge >= 0.3 is 0 Å². The fraction of sp³-hybridized carbons (Fsp3) is 0.381. The molecular formula is C21H23N5O2. The van der Waals surface area contributed by atoms with Gasteiger partial charge in [-0.15, -0.1) is 5.10 Å². The van der Waals surface area contributed by atoms with Crippen molar-refractivity contribution in [3.05, 3.63) is 53.7 Å². The fourth-order valence-electron chi connectivity index (χ4n) is 3.97. The van der Waals surface area contributed by atoms with E-state index in [1.807, 2.05) is 36.4 Å². The van der Waals surface area contributed by atoms with Gasteiger partial charge in [0.1, 0.15) is 5.75 Å². The summed E-state index contributed by atoms with van der Waals surface area (Å²) in [6.45, 7) is 2.59. The molecule has 0 radical (unpaired) electrons. The first-order chi connectivity index (χ1) is 13.8. The molecule has 1 saturated heterocycles. The average molecular weight is 377 g/mol. The van der Waals surface area contributed by atoms with Gasteiger partial charge in [0.25, 0.3) is 5.91 Å². The number of benzene rings is 1. The van der Waals surface area contributed by atoms with Crippen LogP contribution in [0.5, 0.6) is 5.75 Å². The third kappa shape index (κ3) is 3.17. The Hall–Kier alpha value is -3.09. The summed E-state index contributed by atoms with van der Waals surface area (Å²) in [5.74, 6) is 1.48. The molecule has 0 aliphatic carbocycles. The van der Waals surface area contributed by atoms with Crippen LogP contribution < -0.4 is 15.0 Å². The predicted octanol–water partition coefficient (Wildman–Crippen LogP) is 2.97. The molecule has 2 aliphatic heterocycles. The fourth-order valence-corrected chi connectivity index (χ4v) is 3.97. The van der Waals surface area contributed by atoms with Crippen LogP contribution in [0.2, 0.25) is 0 Å². The number of pyridine rings is 1. The number of aromatic nitrogens is 3. The number of piperidine rings is 1. The molecule has 0 bridgehead atoms. The zero-order valence-corrected chi connectivity index (χ0v) is 15.7. The highest BCUT2D eigenvalue weighted by atomic mass is 16.5. The number of anilines is 1. The van der Waals surface area contributed by atoms with Gasteiger partial charge in [0, 0.05) is 31.3 Å². The van der Waals surface area contributed by atoms with Gasteiger partial charge in [0.05, 0.1) is 18.2 Å². The second-order valence-corrected chi connectivity index (χ2v) is 7.38. The molecule has 4 heterocycles. The minimum absolute atomic E-state index is 0.0483. The Morgan fingerprint density at radius 1 is 1.11 bits per heavy atom. The van der Waals surface area contributed by atoms with Gasteiger partial charge in [-0.25, -0.2) is 4.52 Å². The highest BCUT2D eigenvalue weighted by molar-refractivity contribution is 5.94. The molecule has 2 aliphatic rings. The Morgan fingerprint density at radius 3 is 2.86 bits per heavy atom. The lowest BCUT2D eigenvalue weighted by Crippen LogP contribution is -2.32. The normalized spacial score (nSPS) is 19.1. The molecule has 0 spiro atoms. The molecular weight excluding hydrogens is 354 g/mol. The van der Waals surface area contributed by atoms with Crippen LogP contribution in [0.3, 0.4) is 0 Å². The van der Waals surface area contributed by atoms with Crippen molar-refractivity contribution in [1.82, 2.24) is 19.9 Å². The van der Waals surface area contributed by atoms with E-state index in [0.29, 0.717) is 12.2 Å². The number of nitrogens with zero attached hydrogens (tertiary/aromatic N) is 4. The molecule has 144 valence electrons. The van der Waals surface area contributed by atoms with Crippen molar-refractivity contribution < 1.29 is 9.53 Å². The molecule has 1 aromatic carbocycles. The number of rotatable bonds is 3. The lowest BCUT2D eigenvalue weighted by atomic mass is 10.0. The summed E-state index contributed by atoms with van der Waals surface area (Å²) in [5.41, 5.74) is 2.36. The molecule has 0 unspecified atom stereocenters. The molecule has 28 heavy (non-hydrogen) atoms. The van der Waals surface area contributed by atoms with Crippen LogP contribution in [0, 0.1) is 0 Å². The standard InChI is InChI=1S/C21H23N5O2/c27-20(22-17-10-13-28-18-7-3-2-6-16(17)18)15-8-9-19-23-21(24-26(19)14-15)25-11-4-1-5-12-25/h2-3,6-9,14,17H,1,4-5,10-13H2,(H,22,27)/t17-/m0/s1. The molecule has 1 fully saturated rings. The molecule has 7 heteroatoms. The van der Waals surface area contributed by atoms with Gasteiger partial charge < -0.3 is 15.0 Å². The summed E-state index contributed by atoms with van der Waals surface area (Å²) in [4.78, 5) is 19.7. The van der Waals surface area contributed by atoms with E-state index >= 15 is 0 Å². The number of hydrogen-bond acceptors (Lipinski definition) is 5. The SMILES string of the molecule is O=C(N[C@H]1CCOc2ccccc21)c1ccc2nc(N3CCCCC3)nn2c1. The van der Waals surface area contributed by atoms with E-state index in [4.69, 9.17) is 4.74 Å². The summed E-state index contributed by atoms with van der Waals surface area (Å²) in [5, 5.41) is 7.73. The molecule has 5 rings (SSSR count). The van der Waals surface area contributed by atoms with Crippen LogP contribution in [-0.4, -0.2) is 40.2 Å². The largest absolute Gasteiger partial charge is 0.493 e. The lowest BCUT2D eigenvalue weighted by Gasteiger charge is -2.26. The summed E-state index contributed by atoms with van der Waals surface area (Å²) < 4.78 is 7.39. The van der Waals surface area contributed by atoms with Crippen LogP contribution in [0.25, 0.3) is 5.65 Å². The smallest absolute Gasteiger partial charge is 0.253 e. The van der Waals surface area contributed by atoms with Crippen molar-refractivity contribution in [2.45, 2.75) is 31.7 Å². The number of ether oxygens (including phenoxy) is 1. The van der Waals surface area contributed by atoms with E-state index in [9.17, 15) is 4.79 Å². The lowest BCUT2D eigenvalue weighted by molar-refractivity contribution is 0.0924. The van der Waals surface area contributed by atoms with Gasteiger partial charge in [-0.3, -0.25) is 4.79 Å². The highest BCUT2D eigenvalue weighted by Crippen LogP contribution is 2.31.